The van der Waals surface area contributed by atoms with Crippen molar-refractivity contribution in [2.45, 2.75) is 56.7 Å². The van der Waals surface area contributed by atoms with Crippen LogP contribution in [-0.4, -0.2) is 145 Å². The van der Waals surface area contributed by atoms with Crippen LogP contribution in [0.5, 0.6) is 11.5 Å². The fourth-order valence-electron chi connectivity index (χ4n) is 9.76. The first-order valence-corrected chi connectivity index (χ1v) is 23.3. The normalized spacial score (nSPS) is 20.4. The lowest BCUT2D eigenvalue weighted by molar-refractivity contribution is -0.126. The number of para-hydroxylation sites is 1. The molecule has 0 bridgehead atoms. The topological polar surface area (TPSA) is 177 Å². The van der Waals surface area contributed by atoms with Gasteiger partial charge < -0.3 is 34.7 Å². The molecule has 17 nitrogen and oxygen atoms in total. The maximum absolute atomic E-state index is 13.3. The van der Waals surface area contributed by atoms with E-state index in [0.29, 0.717) is 75.8 Å². The lowest BCUT2D eigenvalue weighted by Crippen LogP contribution is -2.52. The summed E-state index contributed by atoms with van der Waals surface area (Å²) < 4.78 is 20.0. The second-order valence-corrected chi connectivity index (χ2v) is 17.1. The summed E-state index contributed by atoms with van der Waals surface area (Å²) in [5.74, 6) is 1.25. The molecule has 3 aliphatic heterocycles. The molecule has 5 aromatic rings. The van der Waals surface area contributed by atoms with Gasteiger partial charge in [0.05, 0.1) is 56.2 Å². The van der Waals surface area contributed by atoms with E-state index in [1.165, 1.54) is 12.8 Å². The van der Waals surface area contributed by atoms with E-state index in [1.54, 1.807) is 24.5 Å². The van der Waals surface area contributed by atoms with Crippen LogP contribution in [0.2, 0.25) is 0 Å². The van der Waals surface area contributed by atoms with Gasteiger partial charge in [-0.05, 0) is 80.5 Å². The van der Waals surface area contributed by atoms with E-state index < -0.39 is 17.9 Å². The van der Waals surface area contributed by atoms with Crippen LogP contribution in [0.4, 0.5) is 11.5 Å². The van der Waals surface area contributed by atoms with E-state index in [2.05, 4.69) is 59.1 Å². The molecule has 2 saturated heterocycles. The van der Waals surface area contributed by atoms with Crippen molar-refractivity contribution in [1.29, 1.82) is 0 Å². The minimum absolute atomic E-state index is 0.200. The Morgan fingerprint density at radius 2 is 1.48 bits per heavy atom. The number of piperidine rings is 1. The molecule has 1 saturated carbocycles. The highest BCUT2D eigenvalue weighted by Crippen LogP contribution is 2.40. The lowest BCUT2D eigenvalue weighted by atomic mass is 9.89. The van der Waals surface area contributed by atoms with Crippen molar-refractivity contribution in [3.8, 4) is 22.6 Å². The van der Waals surface area contributed by atoms with Crippen LogP contribution in [0.15, 0.2) is 85.3 Å². The highest BCUT2D eigenvalue weighted by molar-refractivity contribution is 6.25. The number of carbonyl (C=O) groups excluding carboxylic acids is 3. The smallest absolute Gasteiger partial charge is 0.264 e. The summed E-state index contributed by atoms with van der Waals surface area (Å²) in [6.07, 6.45) is 9.67. The third-order valence-electron chi connectivity index (χ3n) is 13.2. The Labute approximate surface area is 385 Å². The highest BCUT2D eigenvalue weighted by Gasteiger charge is 2.44. The summed E-state index contributed by atoms with van der Waals surface area (Å²) in [5.41, 5.74) is 7.08. The Kier molecular flexibility index (Phi) is 14.8. The SMILES string of the molecule is CNc1ncnc2c1c(-c1ccc(Oc3ccccc3)cc1)cn2C1CCC(N2CCN(CCOCCOCCONCNc3cccc4c3C(=O)N(C3CCCNC3=O)C4=O)CC2)CC1. The fourth-order valence-corrected chi connectivity index (χ4v) is 9.76. The third kappa shape index (κ3) is 10.2. The average Bonchev–Trinajstić information content (AvgIpc) is 3.87. The second-order valence-electron chi connectivity index (χ2n) is 17.1. The standard InChI is InChI=1S/C49H60N10O7/c1-50-45-44-40(34-12-18-38(19-13-34)66-37-7-3-2-4-8-37)31-58(46(44)54-32-53-45)36-16-14-35(15-17-36)57-23-21-56(22-24-57)25-26-63-27-28-64-29-30-65-55-33-52-41-10-5-9-39-43(41)49(62)59(48(39)61)42-11-6-20-51-47(42)60/h2-5,7-10,12-13,18-19,31-32,35-36,42,52,55H,6,11,14-17,20-30,33H2,1H3,(H,51,60)(H,50,53,54). The number of hydroxylamine groups is 1. The molecule has 3 fully saturated rings. The van der Waals surface area contributed by atoms with Gasteiger partial charge in [0.15, 0.2) is 0 Å². The first-order chi connectivity index (χ1) is 32.5. The molecule has 4 N–H and O–H groups in total. The number of ether oxygens (including phenoxy) is 3. The molecule has 5 heterocycles. The third-order valence-corrected chi connectivity index (χ3v) is 13.2. The number of aromatic nitrogens is 3. The van der Waals surface area contributed by atoms with Gasteiger partial charge in [-0.2, -0.15) is 5.48 Å². The predicted molar refractivity (Wildman–Crippen MR) is 251 cm³/mol. The number of fused-ring (bicyclic) bond motifs is 2. The van der Waals surface area contributed by atoms with Crippen molar-refractivity contribution in [1.82, 2.24) is 40.0 Å². The minimum Gasteiger partial charge on any atom is -0.457 e. The van der Waals surface area contributed by atoms with Gasteiger partial charge in [0.25, 0.3) is 11.8 Å². The van der Waals surface area contributed by atoms with Crippen molar-refractivity contribution in [2.24, 2.45) is 0 Å². The number of hydrogen-bond donors (Lipinski definition) is 4. The Morgan fingerprint density at radius 3 is 2.26 bits per heavy atom. The Bertz CT molecular complexity index is 2430. The molecule has 1 aliphatic carbocycles. The van der Waals surface area contributed by atoms with Gasteiger partial charge in [-0.15, -0.1) is 0 Å². The van der Waals surface area contributed by atoms with Gasteiger partial charge in [-0.3, -0.25) is 33.9 Å². The number of nitrogens with one attached hydrogen (secondary N) is 4. The van der Waals surface area contributed by atoms with Gasteiger partial charge in [0.2, 0.25) is 5.91 Å². The van der Waals surface area contributed by atoms with Crippen LogP contribution in [0.25, 0.3) is 22.2 Å². The number of piperazine rings is 1. The Morgan fingerprint density at radius 1 is 0.742 bits per heavy atom. The molecule has 1 atom stereocenters. The predicted octanol–water partition coefficient (Wildman–Crippen LogP) is 5.53. The monoisotopic (exact) mass is 900 g/mol. The van der Waals surface area contributed by atoms with Gasteiger partial charge in [0.1, 0.15) is 35.3 Å². The molecule has 17 heteroatoms. The summed E-state index contributed by atoms with van der Waals surface area (Å²) in [5, 5.41) is 10.2. The molecule has 0 radical (unpaired) electrons. The van der Waals surface area contributed by atoms with E-state index in [-0.39, 0.29) is 18.1 Å². The number of rotatable bonds is 20. The quantitative estimate of drug-likeness (QED) is 0.0332. The summed E-state index contributed by atoms with van der Waals surface area (Å²) in [6, 6.07) is 23.4. The molecule has 66 heavy (non-hydrogen) atoms. The lowest BCUT2D eigenvalue weighted by Gasteiger charge is -2.42. The van der Waals surface area contributed by atoms with E-state index in [0.717, 1.165) is 89.9 Å². The number of nitrogens with zero attached hydrogens (tertiary/aromatic N) is 6. The van der Waals surface area contributed by atoms with Crippen molar-refractivity contribution in [3.05, 3.63) is 96.4 Å². The summed E-state index contributed by atoms with van der Waals surface area (Å²) in [6.45, 7) is 8.26. The Hall–Kier alpha value is -5.95. The second kappa shape index (κ2) is 21.6. The van der Waals surface area contributed by atoms with Crippen LogP contribution < -0.4 is 26.2 Å². The zero-order valence-corrected chi connectivity index (χ0v) is 37.6. The zero-order valence-electron chi connectivity index (χ0n) is 37.6. The van der Waals surface area contributed by atoms with Crippen LogP contribution in [0.3, 0.4) is 0 Å². The molecule has 3 amide bonds. The van der Waals surface area contributed by atoms with Crippen LogP contribution >= 0.6 is 0 Å². The average molecular weight is 901 g/mol. The summed E-state index contributed by atoms with van der Waals surface area (Å²) in [4.78, 5) is 59.9. The first-order valence-electron chi connectivity index (χ1n) is 23.3. The maximum atomic E-state index is 13.3. The molecule has 3 aromatic carbocycles. The molecule has 348 valence electrons. The van der Waals surface area contributed by atoms with Crippen molar-refractivity contribution in [3.63, 3.8) is 0 Å². The van der Waals surface area contributed by atoms with Crippen molar-refractivity contribution < 1.29 is 33.4 Å². The van der Waals surface area contributed by atoms with Crippen molar-refractivity contribution >= 4 is 40.3 Å². The zero-order chi connectivity index (χ0) is 45.2. The Balaban J connectivity index is 0.639. The van der Waals surface area contributed by atoms with E-state index in [1.807, 2.05) is 49.5 Å². The van der Waals surface area contributed by atoms with Gasteiger partial charge in [-0.25, -0.2) is 9.97 Å². The largest absolute Gasteiger partial charge is 0.457 e. The number of anilines is 2. The highest BCUT2D eigenvalue weighted by atomic mass is 16.7. The molecule has 0 spiro atoms. The summed E-state index contributed by atoms with van der Waals surface area (Å²) >= 11 is 0. The number of benzene rings is 3. The fraction of sp³-hybridized carbons (Fsp3) is 0.449. The van der Waals surface area contributed by atoms with Gasteiger partial charge >= 0.3 is 0 Å². The van der Waals surface area contributed by atoms with Crippen LogP contribution in [0.1, 0.15) is 65.3 Å². The first kappa shape index (κ1) is 45.2. The van der Waals surface area contributed by atoms with Crippen LogP contribution in [-0.2, 0) is 19.1 Å². The number of carbonyl (C=O) groups is 3. The molecular formula is C49H60N10O7. The minimum atomic E-state index is -0.785. The van der Waals surface area contributed by atoms with E-state index >= 15 is 0 Å². The van der Waals surface area contributed by atoms with E-state index in [4.69, 9.17) is 24.0 Å². The molecule has 4 aliphatic rings. The molecule has 9 rings (SSSR count). The maximum Gasteiger partial charge on any atom is 0.264 e. The number of amides is 3. The van der Waals surface area contributed by atoms with Gasteiger partial charge in [-0.1, -0.05) is 36.4 Å². The van der Waals surface area contributed by atoms with Crippen LogP contribution in [0, 0.1) is 0 Å². The molecular weight excluding hydrogens is 841 g/mol. The van der Waals surface area contributed by atoms with Crippen molar-refractivity contribution in [2.75, 3.05) is 96.7 Å². The van der Waals surface area contributed by atoms with E-state index in [9.17, 15) is 14.4 Å². The number of hydrogen-bond acceptors (Lipinski definition) is 14. The van der Waals surface area contributed by atoms with Gasteiger partial charge in [0, 0.05) is 75.8 Å². The molecule has 2 aromatic heterocycles. The molecule has 1 unspecified atom stereocenters. The summed E-state index contributed by atoms with van der Waals surface area (Å²) in [7, 11) is 1.92. The number of imide groups is 1.